The Morgan fingerprint density at radius 1 is 1.15 bits per heavy atom. The number of nitrogens with two attached hydrogens (primary N) is 1. The van der Waals surface area contributed by atoms with Crippen LogP contribution in [0.2, 0.25) is 0 Å². The van der Waals surface area contributed by atoms with Gasteiger partial charge in [-0.1, -0.05) is 43.8 Å². The number of carbonyl (C=O) groups excluding carboxylic acids is 2. The van der Waals surface area contributed by atoms with Gasteiger partial charge >= 0.3 is 6.03 Å². The molecular formula is C18H18N4O3S. The van der Waals surface area contributed by atoms with Crippen molar-refractivity contribution in [3.8, 4) is 11.6 Å². The Hall–Kier alpha value is -2.87. The molecule has 0 saturated carbocycles. The highest BCUT2D eigenvalue weighted by Gasteiger charge is 2.26. The van der Waals surface area contributed by atoms with Crippen LogP contribution in [0.25, 0.3) is 22.5 Å². The van der Waals surface area contributed by atoms with Crippen LogP contribution in [-0.2, 0) is 4.79 Å². The summed E-state index contributed by atoms with van der Waals surface area (Å²) in [6, 6.07) is 10.2. The van der Waals surface area contributed by atoms with Crippen LogP contribution in [0.5, 0.6) is 0 Å². The van der Waals surface area contributed by atoms with E-state index < -0.39 is 17.2 Å². The predicted octanol–water partition coefficient (Wildman–Crippen LogP) is 3.20. The molecule has 0 spiro atoms. The Labute approximate surface area is 154 Å². The van der Waals surface area contributed by atoms with E-state index in [0.29, 0.717) is 16.6 Å². The zero-order valence-electron chi connectivity index (χ0n) is 14.3. The number of imide groups is 1. The van der Waals surface area contributed by atoms with Crippen LogP contribution in [0, 0.1) is 5.92 Å². The number of hydrogen-bond donors (Lipinski definition) is 2. The average Bonchev–Trinajstić information content (AvgIpc) is 3.12. The molecule has 8 heteroatoms. The number of amides is 3. The normalized spacial score (nSPS) is 12.3. The van der Waals surface area contributed by atoms with E-state index in [2.05, 4.69) is 15.3 Å². The second kappa shape index (κ2) is 7.57. The van der Waals surface area contributed by atoms with Crippen LogP contribution < -0.4 is 11.1 Å². The third-order valence-corrected chi connectivity index (χ3v) is 5.21. The standard InChI is InChI=1S/C18H18N4O3S/c1-10(2)14(16(23)22-18(19)24)26-17-11-6-3-4-7-12(11)20-15(21-17)13-8-5-9-25-13/h3-10,14H,1-2H3,(H3,19,22,23,24). The fourth-order valence-electron chi connectivity index (χ4n) is 2.46. The van der Waals surface area contributed by atoms with Crippen molar-refractivity contribution < 1.29 is 14.0 Å². The fraction of sp³-hybridized carbons (Fsp3) is 0.222. The lowest BCUT2D eigenvalue weighted by molar-refractivity contribution is -0.120. The number of rotatable bonds is 5. The summed E-state index contributed by atoms with van der Waals surface area (Å²) in [7, 11) is 0. The van der Waals surface area contributed by atoms with Gasteiger partial charge < -0.3 is 10.2 Å². The van der Waals surface area contributed by atoms with Crippen LogP contribution in [-0.4, -0.2) is 27.2 Å². The topological polar surface area (TPSA) is 111 Å². The molecule has 7 nitrogen and oxygen atoms in total. The van der Waals surface area contributed by atoms with Crippen LogP contribution in [0.1, 0.15) is 13.8 Å². The number of thioether (sulfide) groups is 1. The number of aromatic nitrogens is 2. The molecule has 2 aromatic heterocycles. The molecule has 0 aliphatic carbocycles. The molecule has 3 N–H and O–H groups in total. The molecule has 26 heavy (non-hydrogen) atoms. The van der Waals surface area contributed by atoms with E-state index in [1.54, 1.807) is 18.4 Å². The van der Waals surface area contributed by atoms with Crippen molar-refractivity contribution in [2.24, 2.45) is 11.7 Å². The minimum atomic E-state index is -0.870. The summed E-state index contributed by atoms with van der Waals surface area (Å²) in [5.74, 6) is 0.495. The lowest BCUT2D eigenvalue weighted by Gasteiger charge is -2.19. The van der Waals surface area contributed by atoms with Gasteiger partial charge in [-0.3, -0.25) is 10.1 Å². The minimum Gasteiger partial charge on any atom is -0.461 e. The van der Waals surface area contributed by atoms with Gasteiger partial charge in [0.2, 0.25) is 5.91 Å². The number of primary amides is 1. The maximum atomic E-state index is 12.4. The molecule has 3 rings (SSSR count). The van der Waals surface area contributed by atoms with Gasteiger partial charge in [-0.2, -0.15) is 0 Å². The molecule has 1 aromatic carbocycles. The van der Waals surface area contributed by atoms with Gasteiger partial charge in [0.1, 0.15) is 5.03 Å². The van der Waals surface area contributed by atoms with Gasteiger partial charge in [-0.05, 0) is 24.1 Å². The minimum absolute atomic E-state index is 0.0415. The second-order valence-electron chi connectivity index (χ2n) is 5.98. The smallest absolute Gasteiger partial charge is 0.318 e. The number of carbonyl (C=O) groups is 2. The number of benzene rings is 1. The first kappa shape index (κ1) is 17.9. The molecule has 0 aliphatic heterocycles. The molecule has 134 valence electrons. The van der Waals surface area contributed by atoms with Gasteiger partial charge in [0.05, 0.1) is 17.0 Å². The number of fused-ring (bicyclic) bond motifs is 1. The summed E-state index contributed by atoms with van der Waals surface area (Å²) >= 11 is 1.28. The summed E-state index contributed by atoms with van der Waals surface area (Å²) in [6.07, 6.45) is 1.55. The van der Waals surface area contributed by atoms with Gasteiger partial charge in [-0.15, -0.1) is 0 Å². The number of hydrogen-bond acceptors (Lipinski definition) is 6. The Morgan fingerprint density at radius 2 is 1.92 bits per heavy atom. The highest BCUT2D eigenvalue weighted by atomic mass is 32.2. The van der Waals surface area contributed by atoms with Crippen LogP contribution in [0.4, 0.5) is 4.79 Å². The van der Waals surface area contributed by atoms with Crippen molar-refractivity contribution in [3.63, 3.8) is 0 Å². The van der Waals surface area contributed by atoms with Crippen molar-refractivity contribution in [3.05, 3.63) is 42.7 Å². The highest BCUT2D eigenvalue weighted by Crippen LogP contribution is 2.33. The molecule has 0 saturated heterocycles. The first-order valence-corrected chi connectivity index (χ1v) is 8.91. The van der Waals surface area contributed by atoms with E-state index in [-0.39, 0.29) is 5.92 Å². The molecule has 2 heterocycles. The Balaban J connectivity index is 2.04. The zero-order valence-corrected chi connectivity index (χ0v) is 15.1. The summed E-state index contributed by atoms with van der Waals surface area (Å²) in [6.45, 7) is 3.80. The lowest BCUT2D eigenvalue weighted by atomic mass is 10.1. The fourth-order valence-corrected chi connectivity index (χ4v) is 3.58. The van der Waals surface area contributed by atoms with Crippen LogP contribution in [0.15, 0.2) is 52.1 Å². The van der Waals surface area contributed by atoms with Crippen LogP contribution in [0.3, 0.4) is 0 Å². The lowest BCUT2D eigenvalue weighted by Crippen LogP contribution is -2.42. The van der Waals surface area contributed by atoms with Crippen molar-refractivity contribution in [1.29, 1.82) is 0 Å². The molecule has 1 atom stereocenters. The molecule has 0 fully saturated rings. The molecular weight excluding hydrogens is 352 g/mol. The average molecular weight is 370 g/mol. The van der Waals surface area contributed by atoms with Gasteiger partial charge in [0.15, 0.2) is 11.6 Å². The van der Waals surface area contributed by atoms with E-state index in [1.165, 1.54) is 11.8 Å². The molecule has 0 radical (unpaired) electrons. The summed E-state index contributed by atoms with van der Waals surface area (Å²) in [4.78, 5) is 32.5. The first-order valence-electron chi connectivity index (χ1n) is 8.03. The van der Waals surface area contributed by atoms with E-state index in [4.69, 9.17) is 10.2 Å². The largest absolute Gasteiger partial charge is 0.461 e. The maximum absolute atomic E-state index is 12.4. The number of nitrogens with zero attached hydrogens (tertiary/aromatic N) is 2. The second-order valence-corrected chi connectivity index (χ2v) is 7.11. The van der Waals surface area contributed by atoms with Gasteiger partial charge in [0.25, 0.3) is 0 Å². The molecule has 1 unspecified atom stereocenters. The van der Waals surface area contributed by atoms with E-state index >= 15 is 0 Å². The summed E-state index contributed by atoms with van der Waals surface area (Å²) in [5, 5.41) is 3.08. The number of urea groups is 1. The first-order chi connectivity index (χ1) is 12.5. The predicted molar refractivity (Wildman–Crippen MR) is 99.4 cm³/mol. The SMILES string of the molecule is CC(C)C(Sc1nc(-c2ccco2)nc2ccccc12)C(=O)NC(N)=O. The maximum Gasteiger partial charge on any atom is 0.318 e. The Bertz CT molecular complexity index is 941. The number of para-hydroxylation sites is 1. The van der Waals surface area contributed by atoms with Crippen molar-refractivity contribution in [2.45, 2.75) is 24.1 Å². The molecule has 3 amide bonds. The quantitative estimate of drug-likeness (QED) is 0.527. The highest BCUT2D eigenvalue weighted by molar-refractivity contribution is 8.00. The summed E-state index contributed by atoms with van der Waals surface area (Å²) in [5.41, 5.74) is 5.83. The third-order valence-electron chi connectivity index (χ3n) is 3.66. The van der Waals surface area contributed by atoms with Gasteiger partial charge in [0, 0.05) is 5.39 Å². The monoisotopic (exact) mass is 370 g/mol. The van der Waals surface area contributed by atoms with Crippen LogP contribution >= 0.6 is 11.8 Å². The number of furan rings is 1. The third kappa shape index (κ3) is 3.85. The van der Waals surface area contributed by atoms with E-state index in [0.717, 1.165) is 10.9 Å². The van der Waals surface area contributed by atoms with Crippen molar-refractivity contribution in [2.75, 3.05) is 0 Å². The molecule has 0 aliphatic rings. The number of nitrogens with one attached hydrogen (secondary N) is 1. The Morgan fingerprint density at radius 3 is 2.58 bits per heavy atom. The summed E-state index contributed by atoms with van der Waals surface area (Å²) < 4.78 is 5.40. The van der Waals surface area contributed by atoms with Crippen molar-refractivity contribution >= 4 is 34.6 Å². The molecule has 0 bridgehead atoms. The Kier molecular flexibility index (Phi) is 5.22. The molecule has 3 aromatic rings. The van der Waals surface area contributed by atoms with E-state index in [9.17, 15) is 9.59 Å². The van der Waals surface area contributed by atoms with Crippen molar-refractivity contribution in [1.82, 2.24) is 15.3 Å². The zero-order chi connectivity index (χ0) is 18.7. The van der Waals surface area contributed by atoms with E-state index in [1.807, 2.05) is 38.1 Å². The van der Waals surface area contributed by atoms with Gasteiger partial charge in [-0.25, -0.2) is 14.8 Å².